The highest BCUT2D eigenvalue weighted by Gasteiger charge is 2.31. The Bertz CT molecular complexity index is 293. The van der Waals surface area contributed by atoms with E-state index in [2.05, 4.69) is 37.2 Å². The number of rotatable bonds is 5. The largest absolute Gasteiger partial charge is 0.315 e. The smallest absolute Gasteiger partial charge is 0.0697 e. The molecule has 0 saturated carbocycles. The molecule has 1 aliphatic rings. The van der Waals surface area contributed by atoms with Crippen LogP contribution in [0, 0.1) is 28.1 Å². The van der Waals surface area contributed by atoms with Crippen LogP contribution in [-0.4, -0.2) is 38.1 Å². The highest BCUT2D eigenvalue weighted by molar-refractivity contribution is 4.94. The van der Waals surface area contributed by atoms with Crippen LogP contribution in [0.4, 0.5) is 0 Å². The molecule has 0 aromatic heterocycles. The van der Waals surface area contributed by atoms with Gasteiger partial charge in [0, 0.05) is 13.1 Å². The van der Waals surface area contributed by atoms with Crippen LogP contribution in [-0.2, 0) is 0 Å². The zero-order chi connectivity index (χ0) is 13.8. The minimum Gasteiger partial charge on any atom is -0.315 e. The van der Waals surface area contributed by atoms with Crippen molar-refractivity contribution >= 4 is 0 Å². The predicted molar refractivity (Wildman–Crippen MR) is 76.3 cm³/mol. The fourth-order valence-corrected chi connectivity index (χ4v) is 2.67. The lowest BCUT2D eigenvalue weighted by atomic mass is 9.73. The summed E-state index contributed by atoms with van der Waals surface area (Å²) in [4.78, 5) is 2.42. The second-order valence-electron chi connectivity index (χ2n) is 7.17. The molecule has 3 nitrogen and oxygen atoms in total. The van der Waals surface area contributed by atoms with Gasteiger partial charge in [0.05, 0.1) is 11.5 Å². The van der Waals surface area contributed by atoms with Gasteiger partial charge < -0.3 is 10.2 Å². The first kappa shape index (κ1) is 15.5. The van der Waals surface area contributed by atoms with Gasteiger partial charge in [-0.1, -0.05) is 13.8 Å². The van der Waals surface area contributed by atoms with E-state index in [4.69, 9.17) is 5.26 Å². The van der Waals surface area contributed by atoms with Gasteiger partial charge in [0.1, 0.15) is 0 Å². The van der Waals surface area contributed by atoms with E-state index in [1.165, 1.54) is 25.9 Å². The van der Waals surface area contributed by atoms with E-state index in [0.717, 1.165) is 19.0 Å². The lowest BCUT2D eigenvalue weighted by Crippen LogP contribution is -2.43. The maximum atomic E-state index is 9.01. The maximum absolute atomic E-state index is 9.01. The van der Waals surface area contributed by atoms with Gasteiger partial charge in [-0.05, 0) is 58.2 Å². The monoisotopic (exact) mass is 251 g/mol. The van der Waals surface area contributed by atoms with Crippen molar-refractivity contribution in [2.75, 3.05) is 33.2 Å². The van der Waals surface area contributed by atoms with E-state index < -0.39 is 0 Å². The van der Waals surface area contributed by atoms with Gasteiger partial charge in [0.15, 0.2) is 0 Å². The molecule has 0 atom stereocenters. The molecule has 3 heteroatoms. The van der Waals surface area contributed by atoms with Crippen molar-refractivity contribution < 1.29 is 0 Å². The first-order chi connectivity index (χ1) is 8.27. The van der Waals surface area contributed by atoms with Crippen LogP contribution in [0.15, 0.2) is 0 Å². The summed E-state index contributed by atoms with van der Waals surface area (Å²) in [6.45, 7) is 12.9. The molecule has 0 aromatic carbocycles. The number of hydrogen-bond donors (Lipinski definition) is 1. The molecular weight excluding hydrogens is 222 g/mol. The summed E-state index contributed by atoms with van der Waals surface area (Å²) in [5, 5.41) is 12.5. The van der Waals surface area contributed by atoms with Crippen molar-refractivity contribution in [1.82, 2.24) is 10.2 Å². The highest BCUT2D eigenvalue weighted by atomic mass is 15.1. The van der Waals surface area contributed by atoms with E-state index in [1.54, 1.807) is 0 Å². The molecule has 1 N–H and O–H groups in total. The molecule has 0 radical (unpaired) electrons. The van der Waals surface area contributed by atoms with Crippen LogP contribution in [0.1, 0.15) is 40.5 Å². The third kappa shape index (κ3) is 4.59. The van der Waals surface area contributed by atoms with Gasteiger partial charge in [-0.2, -0.15) is 5.26 Å². The van der Waals surface area contributed by atoms with Gasteiger partial charge >= 0.3 is 0 Å². The van der Waals surface area contributed by atoms with Crippen molar-refractivity contribution in [2.45, 2.75) is 40.5 Å². The van der Waals surface area contributed by atoms with E-state index >= 15 is 0 Å². The highest BCUT2D eigenvalue weighted by Crippen LogP contribution is 2.34. The SMILES string of the molecule is CN1CCC(C(C)(C)CNCC(C)(C)C#N)CC1. The van der Waals surface area contributed by atoms with Gasteiger partial charge in [-0.15, -0.1) is 0 Å². The van der Waals surface area contributed by atoms with Crippen LogP contribution in [0.25, 0.3) is 0 Å². The molecule has 0 unspecified atom stereocenters. The number of nitrogens with zero attached hydrogens (tertiary/aromatic N) is 2. The van der Waals surface area contributed by atoms with Crippen molar-refractivity contribution in [2.24, 2.45) is 16.7 Å². The van der Waals surface area contributed by atoms with Crippen molar-refractivity contribution in [1.29, 1.82) is 5.26 Å². The standard InChI is InChI=1S/C15H29N3/c1-14(2,10-16)11-17-12-15(3,4)13-6-8-18(5)9-7-13/h13,17H,6-9,11-12H2,1-5H3. The summed E-state index contributed by atoms with van der Waals surface area (Å²) in [6.07, 6.45) is 2.60. The molecular formula is C15H29N3. The molecule has 18 heavy (non-hydrogen) atoms. The molecule has 0 amide bonds. The summed E-state index contributed by atoms with van der Waals surface area (Å²) in [6, 6.07) is 2.34. The lowest BCUT2D eigenvalue weighted by Gasteiger charge is -2.40. The van der Waals surface area contributed by atoms with Crippen LogP contribution in [0.2, 0.25) is 0 Å². The number of likely N-dealkylation sites (tertiary alicyclic amines) is 1. The van der Waals surface area contributed by atoms with Crippen molar-refractivity contribution in [3.63, 3.8) is 0 Å². The van der Waals surface area contributed by atoms with Gasteiger partial charge in [-0.25, -0.2) is 0 Å². The quantitative estimate of drug-likeness (QED) is 0.816. The second kappa shape index (κ2) is 6.04. The molecule has 1 rings (SSSR count). The van der Waals surface area contributed by atoms with Gasteiger partial charge in [0.2, 0.25) is 0 Å². The average Bonchev–Trinajstić information content (AvgIpc) is 2.29. The Morgan fingerprint density at radius 2 is 1.72 bits per heavy atom. The Labute approximate surface area is 113 Å². The lowest BCUT2D eigenvalue weighted by molar-refractivity contribution is 0.111. The second-order valence-corrected chi connectivity index (χ2v) is 7.17. The first-order valence-corrected chi connectivity index (χ1v) is 7.07. The summed E-state index contributed by atoms with van der Waals surface area (Å²) in [5.74, 6) is 0.798. The van der Waals surface area contributed by atoms with Crippen LogP contribution in [0.3, 0.4) is 0 Å². The molecule has 104 valence electrons. The Balaban J connectivity index is 2.38. The molecule has 0 aliphatic carbocycles. The Morgan fingerprint density at radius 3 is 2.22 bits per heavy atom. The number of hydrogen-bond acceptors (Lipinski definition) is 3. The fraction of sp³-hybridized carbons (Fsp3) is 0.933. The van der Waals surface area contributed by atoms with Gasteiger partial charge in [-0.3, -0.25) is 0 Å². The molecule has 0 spiro atoms. The van der Waals surface area contributed by atoms with Crippen LogP contribution < -0.4 is 5.32 Å². The number of piperidine rings is 1. The molecule has 0 aromatic rings. The molecule has 1 aliphatic heterocycles. The Hall–Kier alpha value is -0.590. The molecule has 1 heterocycles. The Kier molecular flexibility index (Phi) is 5.19. The third-order valence-electron chi connectivity index (χ3n) is 4.27. The van der Waals surface area contributed by atoms with Crippen molar-refractivity contribution in [3.8, 4) is 6.07 Å². The number of nitrogens with one attached hydrogen (secondary N) is 1. The zero-order valence-corrected chi connectivity index (χ0v) is 12.7. The number of nitriles is 1. The van der Waals surface area contributed by atoms with Crippen LogP contribution >= 0.6 is 0 Å². The van der Waals surface area contributed by atoms with Crippen LogP contribution in [0.5, 0.6) is 0 Å². The maximum Gasteiger partial charge on any atom is 0.0697 e. The zero-order valence-electron chi connectivity index (χ0n) is 12.7. The van der Waals surface area contributed by atoms with E-state index in [9.17, 15) is 0 Å². The molecule has 1 saturated heterocycles. The Morgan fingerprint density at radius 1 is 1.17 bits per heavy atom. The predicted octanol–water partition coefficient (Wildman–Crippen LogP) is 2.49. The summed E-state index contributed by atoms with van der Waals surface area (Å²) < 4.78 is 0. The minimum atomic E-state index is -0.261. The third-order valence-corrected chi connectivity index (χ3v) is 4.27. The average molecular weight is 251 g/mol. The molecule has 0 bridgehead atoms. The van der Waals surface area contributed by atoms with Gasteiger partial charge in [0.25, 0.3) is 0 Å². The fourth-order valence-electron chi connectivity index (χ4n) is 2.67. The van der Waals surface area contributed by atoms with E-state index in [1.807, 2.05) is 13.8 Å². The first-order valence-electron chi connectivity index (χ1n) is 7.07. The summed E-state index contributed by atoms with van der Waals surface area (Å²) in [7, 11) is 2.21. The normalized spacial score (nSPS) is 19.8. The summed E-state index contributed by atoms with van der Waals surface area (Å²) >= 11 is 0. The molecule has 1 fully saturated rings. The van der Waals surface area contributed by atoms with E-state index in [-0.39, 0.29) is 5.41 Å². The van der Waals surface area contributed by atoms with E-state index in [0.29, 0.717) is 5.41 Å². The summed E-state index contributed by atoms with van der Waals surface area (Å²) in [5.41, 5.74) is 0.0651. The minimum absolute atomic E-state index is 0.261. The van der Waals surface area contributed by atoms with Crippen molar-refractivity contribution in [3.05, 3.63) is 0 Å². The topological polar surface area (TPSA) is 39.1 Å².